The van der Waals surface area contributed by atoms with E-state index in [2.05, 4.69) is 20.3 Å². The summed E-state index contributed by atoms with van der Waals surface area (Å²) in [6.45, 7) is -0.266. The molecule has 9 nitrogen and oxygen atoms in total. The highest BCUT2D eigenvalue weighted by atomic mass is 16.5. The molecule has 0 spiro atoms. The molecule has 4 rings (SSSR count). The summed E-state index contributed by atoms with van der Waals surface area (Å²) in [6, 6.07) is 8.79. The van der Waals surface area contributed by atoms with Gasteiger partial charge in [-0.25, -0.2) is 15.0 Å². The van der Waals surface area contributed by atoms with Crippen LogP contribution in [0, 0.1) is 0 Å². The molecule has 1 amide bonds. The molecule has 1 saturated heterocycles. The van der Waals surface area contributed by atoms with Crippen molar-refractivity contribution < 1.29 is 19.7 Å². The molecule has 26 heavy (non-hydrogen) atoms. The molecule has 2 aromatic heterocycles. The van der Waals surface area contributed by atoms with Crippen molar-refractivity contribution in [3.05, 3.63) is 48.5 Å². The van der Waals surface area contributed by atoms with Gasteiger partial charge < -0.3 is 20.3 Å². The quantitative estimate of drug-likeness (QED) is 0.630. The fraction of sp³-hybridized carbons (Fsp3) is 0.294. The van der Waals surface area contributed by atoms with Gasteiger partial charge in [0.05, 0.1) is 19.0 Å². The summed E-state index contributed by atoms with van der Waals surface area (Å²) in [4.78, 5) is 25.0. The Morgan fingerprint density at radius 3 is 2.81 bits per heavy atom. The normalized spacial score (nSPS) is 22.6. The molecule has 3 aromatic rings. The van der Waals surface area contributed by atoms with Crippen molar-refractivity contribution >= 4 is 22.9 Å². The van der Waals surface area contributed by atoms with Crippen LogP contribution in [0.3, 0.4) is 0 Å². The molecule has 0 radical (unpaired) electrons. The first-order valence-electron chi connectivity index (χ1n) is 8.15. The third-order valence-electron chi connectivity index (χ3n) is 4.32. The second-order valence-electron chi connectivity index (χ2n) is 5.98. The maximum absolute atomic E-state index is 12.4. The van der Waals surface area contributed by atoms with Gasteiger partial charge in [-0.2, -0.15) is 0 Å². The average Bonchev–Trinajstić information content (AvgIpc) is 3.26. The van der Waals surface area contributed by atoms with Gasteiger partial charge in [-0.15, -0.1) is 0 Å². The molecule has 1 fully saturated rings. The summed E-state index contributed by atoms with van der Waals surface area (Å²) in [5.74, 6) is -0.00658. The Hall–Kier alpha value is -2.88. The summed E-state index contributed by atoms with van der Waals surface area (Å²) in [5, 5.41) is 21.9. The maximum atomic E-state index is 12.4. The Labute approximate surface area is 148 Å². The predicted octanol–water partition coefficient (Wildman–Crippen LogP) is 0.719. The van der Waals surface area contributed by atoms with Crippen molar-refractivity contribution in [2.24, 2.45) is 0 Å². The number of rotatable bonds is 4. The van der Waals surface area contributed by atoms with E-state index in [0.717, 1.165) is 0 Å². The molecular weight excluding hydrogens is 338 g/mol. The van der Waals surface area contributed by atoms with E-state index in [1.165, 1.54) is 12.7 Å². The van der Waals surface area contributed by atoms with Crippen LogP contribution in [0.4, 0.5) is 5.82 Å². The van der Waals surface area contributed by atoms with E-state index in [-0.39, 0.29) is 12.5 Å². The summed E-state index contributed by atoms with van der Waals surface area (Å²) in [6.07, 6.45) is 1.26. The van der Waals surface area contributed by atoms with Gasteiger partial charge in [0.1, 0.15) is 18.7 Å². The molecule has 1 aliphatic heterocycles. The molecule has 134 valence electrons. The van der Waals surface area contributed by atoms with Gasteiger partial charge in [0.15, 0.2) is 17.0 Å². The number of anilines is 1. The fourth-order valence-electron chi connectivity index (χ4n) is 2.97. The zero-order valence-corrected chi connectivity index (χ0v) is 13.7. The van der Waals surface area contributed by atoms with Crippen molar-refractivity contribution in [2.75, 3.05) is 11.9 Å². The molecule has 0 aliphatic carbocycles. The summed E-state index contributed by atoms with van der Waals surface area (Å²) in [5.41, 5.74) is 1.40. The van der Waals surface area contributed by atoms with Crippen LogP contribution >= 0.6 is 0 Å². The Bertz CT molecular complexity index is 929. The standard InChI is InChI=1S/C17H17N5O4/c23-7-12-11(24)6-13(26-12)22-9-20-14-15(18-8-19-16(14)22)21-17(25)10-4-2-1-3-5-10/h1-5,8-9,11-13,23-24H,6-7H2,(H,18,19,21,25)/t11-,12-,13-/m1/s1. The second kappa shape index (κ2) is 6.79. The van der Waals surface area contributed by atoms with Gasteiger partial charge in [-0.05, 0) is 12.1 Å². The number of carbonyl (C=O) groups excluding carboxylic acids is 1. The van der Waals surface area contributed by atoms with Crippen molar-refractivity contribution in [1.82, 2.24) is 19.5 Å². The average molecular weight is 355 g/mol. The van der Waals surface area contributed by atoms with E-state index in [4.69, 9.17) is 4.74 Å². The van der Waals surface area contributed by atoms with Crippen LogP contribution in [0.25, 0.3) is 11.2 Å². The Morgan fingerprint density at radius 2 is 2.08 bits per heavy atom. The van der Waals surface area contributed by atoms with Crippen molar-refractivity contribution in [2.45, 2.75) is 24.9 Å². The van der Waals surface area contributed by atoms with Crippen molar-refractivity contribution in [1.29, 1.82) is 0 Å². The number of ether oxygens (including phenoxy) is 1. The minimum atomic E-state index is -0.762. The van der Waals surface area contributed by atoms with Crippen molar-refractivity contribution in [3.8, 4) is 0 Å². The number of aromatic nitrogens is 4. The third kappa shape index (κ3) is 2.92. The largest absolute Gasteiger partial charge is 0.394 e. The first-order chi connectivity index (χ1) is 12.7. The number of fused-ring (bicyclic) bond motifs is 1. The van der Waals surface area contributed by atoms with Gasteiger partial charge in [-0.3, -0.25) is 9.36 Å². The van der Waals surface area contributed by atoms with Gasteiger partial charge in [0.2, 0.25) is 0 Å². The molecule has 1 aliphatic rings. The molecule has 0 bridgehead atoms. The first-order valence-corrected chi connectivity index (χ1v) is 8.15. The number of hydrogen-bond donors (Lipinski definition) is 3. The van der Waals surface area contributed by atoms with E-state index in [1.807, 2.05) is 6.07 Å². The lowest BCUT2D eigenvalue weighted by molar-refractivity contribution is -0.0432. The summed E-state index contributed by atoms with van der Waals surface area (Å²) in [7, 11) is 0. The topological polar surface area (TPSA) is 122 Å². The van der Waals surface area contributed by atoms with Crippen LogP contribution in [-0.2, 0) is 4.74 Å². The lowest BCUT2D eigenvalue weighted by Crippen LogP contribution is -2.24. The smallest absolute Gasteiger partial charge is 0.256 e. The summed E-state index contributed by atoms with van der Waals surface area (Å²) >= 11 is 0. The second-order valence-corrected chi connectivity index (χ2v) is 5.98. The van der Waals surface area contributed by atoms with E-state index < -0.39 is 18.4 Å². The minimum absolute atomic E-state index is 0.266. The highest BCUT2D eigenvalue weighted by Gasteiger charge is 2.35. The lowest BCUT2D eigenvalue weighted by Gasteiger charge is -2.13. The summed E-state index contributed by atoms with van der Waals surface area (Å²) < 4.78 is 7.30. The van der Waals surface area contributed by atoms with E-state index in [0.29, 0.717) is 29.0 Å². The highest BCUT2D eigenvalue weighted by Crippen LogP contribution is 2.31. The van der Waals surface area contributed by atoms with E-state index in [1.54, 1.807) is 28.8 Å². The zero-order valence-electron chi connectivity index (χ0n) is 13.7. The van der Waals surface area contributed by atoms with Crippen LogP contribution in [0.15, 0.2) is 43.0 Å². The number of aliphatic hydroxyl groups is 2. The number of aliphatic hydroxyl groups excluding tert-OH is 2. The Kier molecular flexibility index (Phi) is 4.33. The van der Waals surface area contributed by atoms with Crippen LogP contribution in [-0.4, -0.2) is 54.5 Å². The van der Waals surface area contributed by atoms with Crippen molar-refractivity contribution in [3.63, 3.8) is 0 Å². The van der Waals surface area contributed by atoms with Gasteiger partial charge >= 0.3 is 0 Å². The predicted molar refractivity (Wildman–Crippen MR) is 91.3 cm³/mol. The zero-order chi connectivity index (χ0) is 18.1. The molecule has 3 heterocycles. The van der Waals surface area contributed by atoms with Crippen LogP contribution in [0.2, 0.25) is 0 Å². The fourth-order valence-corrected chi connectivity index (χ4v) is 2.97. The number of benzene rings is 1. The number of carbonyl (C=O) groups is 1. The van der Waals surface area contributed by atoms with Crippen LogP contribution < -0.4 is 5.32 Å². The Balaban J connectivity index is 1.63. The molecular formula is C17H17N5O4. The van der Waals surface area contributed by atoms with E-state index in [9.17, 15) is 15.0 Å². The molecule has 1 aromatic carbocycles. The highest BCUT2D eigenvalue weighted by molar-refractivity contribution is 6.06. The Morgan fingerprint density at radius 1 is 1.27 bits per heavy atom. The van der Waals surface area contributed by atoms with Gasteiger partial charge in [-0.1, -0.05) is 18.2 Å². The molecule has 0 unspecified atom stereocenters. The first kappa shape index (κ1) is 16.6. The van der Waals surface area contributed by atoms with Gasteiger partial charge in [0.25, 0.3) is 5.91 Å². The monoisotopic (exact) mass is 355 g/mol. The SMILES string of the molecule is O=C(Nc1ncnc2c1ncn2[C@H]1C[C@@H](O)[C@@H](CO)O1)c1ccccc1. The van der Waals surface area contributed by atoms with Gasteiger partial charge in [0, 0.05) is 12.0 Å². The molecule has 0 saturated carbocycles. The maximum Gasteiger partial charge on any atom is 0.256 e. The molecule has 3 atom stereocenters. The molecule has 9 heteroatoms. The van der Waals surface area contributed by atoms with Crippen LogP contribution in [0.1, 0.15) is 23.0 Å². The van der Waals surface area contributed by atoms with Crippen LogP contribution in [0.5, 0.6) is 0 Å². The number of nitrogens with zero attached hydrogens (tertiary/aromatic N) is 4. The number of hydrogen-bond acceptors (Lipinski definition) is 7. The number of imidazole rings is 1. The third-order valence-corrected chi connectivity index (χ3v) is 4.32. The van der Waals surface area contributed by atoms with E-state index >= 15 is 0 Å². The number of nitrogens with one attached hydrogen (secondary N) is 1. The molecule has 3 N–H and O–H groups in total. The number of amides is 1. The lowest BCUT2D eigenvalue weighted by atomic mass is 10.2. The minimum Gasteiger partial charge on any atom is -0.394 e.